The summed E-state index contributed by atoms with van der Waals surface area (Å²) in [7, 11) is 4.07. The zero-order valence-electron chi connectivity index (χ0n) is 10.1. The van der Waals surface area contributed by atoms with Crippen molar-refractivity contribution < 1.29 is 0 Å². The van der Waals surface area contributed by atoms with Crippen molar-refractivity contribution in [2.75, 3.05) is 26.0 Å². The Kier molecular flexibility index (Phi) is 3.72. The first-order valence-electron chi connectivity index (χ1n) is 5.99. The highest BCUT2D eigenvalue weighted by atomic mass is 15.1. The van der Waals surface area contributed by atoms with Crippen molar-refractivity contribution in [3.63, 3.8) is 0 Å². The Hall–Kier alpha value is -1.16. The summed E-state index contributed by atoms with van der Waals surface area (Å²) >= 11 is 0. The lowest BCUT2D eigenvalue weighted by molar-refractivity contribution is 0.296. The summed E-state index contributed by atoms with van der Waals surface area (Å²) in [6, 6.07) is 2.75. The normalized spacial score (nSPS) is 21.2. The van der Waals surface area contributed by atoms with Crippen LogP contribution in [-0.4, -0.2) is 41.5 Å². The lowest BCUT2D eigenvalue weighted by Gasteiger charge is -2.18. The van der Waals surface area contributed by atoms with Gasteiger partial charge in [-0.05, 0) is 45.3 Å². The van der Waals surface area contributed by atoms with Crippen molar-refractivity contribution in [1.29, 1.82) is 0 Å². The Bertz CT molecular complexity index is 340. The standard InChI is InChI=1S/C12H20N4/c1-13-12-14-8-7-10(15-12)5-6-11-4-3-9-16(11)2/h7-8,11H,3-6,9H2,1-2H3,(H,13,14,15). The first-order valence-corrected chi connectivity index (χ1v) is 5.99. The molecule has 1 saturated heterocycles. The minimum Gasteiger partial charge on any atom is -0.357 e. The summed E-state index contributed by atoms with van der Waals surface area (Å²) in [6.07, 6.45) is 6.75. The fourth-order valence-electron chi connectivity index (χ4n) is 2.31. The molecule has 1 fully saturated rings. The van der Waals surface area contributed by atoms with Crippen LogP contribution < -0.4 is 5.32 Å². The molecule has 88 valence electrons. The number of aryl methyl sites for hydroxylation is 1. The van der Waals surface area contributed by atoms with E-state index in [0.29, 0.717) is 0 Å². The first kappa shape index (κ1) is 11.3. The van der Waals surface area contributed by atoms with E-state index < -0.39 is 0 Å². The van der Waals surface area contributed by atoms with Crippen LogP contribution >= 0.6 is 0 Å². The highest BCUT2D eigenvalue weighted by Crippen LogP contribution is 2.19. The third kappa shape index (κ3) is 2.70. The van der Waals surface area contributed by atoms with Crippen LogP contribution in [0.1, 0.15) is 25.0 Å². The number of nitrogens with zero attached hydrogens (tertiary/aromatic N) is 3. The Balaban J connectivity index is 1.88. The van der Waals surface area contributed by atoms with Crippen LogP contribution in [0.3, 0.4) is 0 Å². The molecular formula is C12H20N4. The molecule has 0 amide bonds. The molecule has 1 aliphatic heterocycles. The second-order valence-corrected chi connectivity index (χ2v) is 4.44. The second-order valence-electron chi connectivity index (χ2n) is 4.44. The van der Waals surface area contributed by atoms with Crippen LogP contribution in [0.15, 0.2) is 12.3 Å². The SMILES string of the molecule is CNc1nccc(CCC2CCCN2C)n1. The monoisotopic (exact) mass is 220 g/mol. The molecular weight excluding hydrogens is 200 g/mol. The summed E-state index contributed by atoms with van der Waals surface area (Å²) in [5.41, 5.74) is 1.14. The molecule has 0 aliphatic carbocycles. The number of hydrogen-bond donors (Lipinski definition) is 1. The molecule has 4 nitrogen and oxygen atoms in total. The third-order valence-corrected chi connectivity index (χ3v) is 3.34. The number of likely N-dealkylation sites (tertiary alicyclic amines) is 1. The van der Waals surface area contributed by atoms with Crippen molar-refractivity contribution >= 4 is 5.95 Å². The molecule has 1 unspecified atom stereocenters. The van der Waals surface area contributed by atoms with Gasteiger partial charge in [0.25, 0.3) is 0 Å². The van der Waals surface area contributed by atoms with Crippen molar-refractivity contribution in [2.24, 2.45) is 0 Å². The summed E-state index contributed by atoms with van der Waals surface area (Å²) in [6.45, 7) is 1.25. The topological polar surface area (TPSA) is 41.1 Å². The minimum atomic E-state index is 0.720. The number of rotatable bonds is 4. The molecule has 2 rings (SSSR count). The maximum Gasteiger partial charge on any atom is 0.222 e. The van der Waals surface area contributed by atoms with Crippen LogP contribution in [0.25, 0.3) is 0 Å². The molecule has 1 atom stereocenters. The predicted molar refractivity (Wildman–Crippen MR) is 65.6 cm³/mol. The van der Waals surface area contributed by atoms with Gasteiger partial charge in [-0.2, -0.15) is 0 Å². The van der Waals surface area contributed by atoms with E-state index >= 15 is 0 Å². The third-order valence-electron chi connectivity index (χ3n) is 3.34. The quantitative estimate of drug-likeness (QED) is 0.835. The van der Waals surface area contributed by atoms with E-state index in [2.05, 4.69) is 27.2 Å². The van der Waals surface area contributed by atoms with Gasteiger partial charge in [-0.3, -0.25) is 0 Å². The fraction of sp³-hybridized carbons (Fsp3) is 0.667. The maximum atomic E-state index is 4.44. The van der Waals surface area contributed by atoms with Crippen molar-refractivity contribution in [2.45, 2.75) is 31.7 Å². The smallest absolute Gasteiger partial charge is 0.222 e. The molecule has 0 bridgehead atoms. The maximum absolute atomic E-state index is 4.44. The van der Waals surface area contributed by atoms with Crippen LogP contribution in [0.5, 0.6) is 0 Å². The van der Waals surface area contributed by atoms with Gasteiger partial charge in [0.1, 0.15) is 0 Å². The van der Waals surface area contributed by atoms with Crippen LogP contribution in [0.2, 0.25) is 0 Å². The van der Waals surface area contributed by atoms with Crippen LogP contribution in [0, 0.1) is 0 Å². The van der Waals surface area contributed by atoms with E-state index in [0.717, 1.165) is 24.1 Å². The molecule has 0 radical (unpaired) electrons. The largest absolute Gasteiger partial charge is 0.357 e. The van der Waals surface area contributed by atoms with Gasteiger partial charge in [0.2, 0.25) is 5.95 Å². The Morgan fingerprint density at radius 1 is 1.56 bits per heavy atom. The zero-order chi connectivity index (χ0) is 11.4. The van der Waals surface area contributed by atoms with Gasteiger partial charge in [-0.1, -0.05) is 0 Å². The van der Waals surface area contributed by atoms with E-state index in [1.54, 1.807) is 0 Å². The first-order chi connectivity index (χ1) is 7.79. The molecule has 2 heterocycles. The van der Waals surface area contributed by atoms with E-state index in [4.69, 9.17) is 0 Å². The Labute approximate surface area is 97.1 Å². The summed E-state index contributed by atoms with van der Waals surface area (Å²) in [5.74, 6) is 0.720. The highest BCUT2D eigenvalue weighted by Gasteiger charge is 2.20. The van der Waals surface area contributed by atoms with E-state index in [1.165, 1.54) is 25.8 Å². The van der Waals surface area contributed by atoms with E-state index in [1.807, 2.05) is 19.3 Å². The van der Waals surface area contributed by atoms with Crippen molar-refractivity contribution in [3.05, 3.63) is 18.0 Å². The average Bonchev–Trinajstić information content (AvgIpc) is 2.72. The van der Waals surface area contributed by atoms with Gasteiger partial charge in [0, 0.05) is 25.0 Å². The minimum absolute atomic E-state index is 0.720. The van der Waals surface area contributed by atoms with Crippen molar-refractivity contribution in [1.82, 2.24) is 14.9 Å². The fourth-order valence-corrected chi connectivity index (χ4v) is 2.31. The van der Waals surface area contributed by atoms with Gasteiger partial charge >= 0.3 is 0 Å². The number of nitrogens with one attached hydrogen (secondary N) is 1. The molecule has 1 aliphatic rings. The summed E-state index contributed by atoms with van der Waals surface area (Å²) < 4.78 is 0. The molecule has 0 aromatic carbocycles. The Morgan fingerprint density at radius 2 is 2.44 bits per heavy atom. The summed E-state index contributed by atoms with van der Waals surface area (Å²) in [5, 5.41) is 2.97. The van der Waals surface area contributed by atoms with Crippen molar-refractivity contribution in [3.8, 4) is 0 Å². The zero-order valence-corrected chi connectivity index (χ0v) is 10.1. The van der Waals surface area contributed by atoms with Crippen LogP contribution in [-0.2, 0) is 6.42 Å². The molecule has 1 aromatic heterocycles. The second kappa shape index (κ2) is 5.25. The number of hydrogen-bond acceptors (Lipinski definition) is 4. The Morgan fingerprint density at radius 3 is 3.12 bits per heavy atom. The average molecular weight is 220 g/mol. The molecule has 0 saturated carbocycles. The van der Waals surface area contributed by atoms with Crippen LogP contribution in [0.4, 0.5) is 5.95 Å². The number of aromatic nitrogens is 2. The predicted octanol–water partition coefficient (Wildman–Crippen LogP) is 1.55. The molecule has 4 heteroatoms. The summed E-state index contributed by atoms with van der Waals surface area (Å²) in [4.78, 5) is 11.0. The van der Waals surface area contributed by atoms with Gasteiger partial charge < -0.3 is 10.2 Å². The van der Waals surface area contributed by atoms with E-state index in [-0.39, 0.29) is 0 Å². The van der Waals surface area contributed by atoms with Gasteiger partial charge in [-0.25, -0.2) is 9.97 Å². The van der Waals surface area contributed by atoms with Gasteiger partial charge in [0.15, 0.2) is 0 Å². The lowest BCUT2D eigenvalue weighted by atomic mass is 10.1. The highest BCUT2D eigenvalue weighted by molar-refractivity contribution is 5.23. The molecule has 1 N–H and O–H groups in total. The van der Waals surface area contributed by atoms with Gasteiger partial charge in [0.05, 0.1) is 0 Å². The van der Waals surface area contributed by atoms with Gasteiger partial charge in [-0.15, -0.1) is 0 Å². The number of anilines is 1. The lowest BCUT2D eigenvalue weighted by Crippen LogP contribution is -2.25. The molecule has 0 spiro atoms. The molecule has 16 heavy (non-hydrogen) atoms. The molecule has 1 aromatic rings. The van der Waals surface area contributed by atoms with E-state index in [9.17, 15) is 0 Å².